The Hall–Kier alpha value is -7.80. The monoisotopic (exact) mass is 840 g/mol. The Kier molecular flexibility index (Phi) is 8.40. The summed E-state index contributed by atoms with van der Waals surface area (Å²) in [5, 5.41) is 0. The Bertz CT molecular complexity index is 3580. The minimum atomic E-state index is -0.0946. The lowest BCUT2D eigenvalue weighted by molar-refractivity contribution is 0.660. The molecular formula is C66H48. The molecule has 0 heterocycles. The van der Waals surface area contributed by atoms with E-state index in [9.17, 15) is 0 Å². The average molecular weight is 841 g/mol. The molecule has 0 bridgehead atoms. The second-order valence-corrected chi connectivity index (χ2v) is 19.5. The van der Waals surface area contributed by atoms with Crippen LogP contribution in [0.2, 0.25) is 0 Å². The number of hydrogen-bond acceptors (Lipinski definition) is 0. The molecule has 0 fully saturated rings. The van der Waals surface area contributed by atoms with Gasteiger partial charge in [-0.2, -0.15) is 0 Å². The third kappa shape index (κ3) is 5.52. The molecule has 0 aliphatic heterocycles. The minimum Gasteiger partial charge on any atom is -0.0622 e. The Balaban J connectivity index is 1.20. The molecule has 0 unspecified atom stereocenters. The van der Waals surface area contributed by atoms with Gasteiger partial charge < -0.3 is 0 Å². The van der Waals surface area contributed by atoms with E-state index >= 15 is 0 Å². The predicted octanol–water partition coefficient (Wildman–Crippen LogP) is 17.0. The Morgan fingerprint density at radius 1 is 0.197 bits per heavy atom. The van der Waals surface area contributed by atoms with E-state index in [2.05, 4.69) is 246 Å². The quantitative estimate of drug-likeness (QED) is 0.156. The van der Waals surface area contributed by atoms with E-state index in [1.165, 1.54) is 134 Å². The normalized spacial score (nSPS) is 15.6. The standard InChI is InChI=1S/C66H48/c1-65(2)55-31-19-17-29-47(55)51-37-45(33-35-57(51)65)59-53-39-49(41-21-9-5-10-22-41)50(42-23-11-6-12-24-42)40-54(53)63-62(46-34-36-58-52(38-46)48-30-18-20-32-56(48)66(58,3)4)60(43-25-13-7-14-26-43)61(64(59)63)44-27-15-8-16-28-44/h5-40H,1-4H3. The minimum absolute atomic E-state index is 0.0944. The number of fused-ring (bicyclic) bond motifs is 9. The van der Waals surface area contributed by atoms with Gasteiger partial charge in [-0.25, -0.2) is 0 Å². The van der Waals surface area contributed by atoms with Crippen LogP contribution in [0.1, 0.15) is 83.3 Å². The summed E-state index contributed by atoms with van der Waals surface area (Å²) >= 11 is 0. The lowest BCUT2D eigenvalue weighted by atomic mass is 9.81. The topological polar surface area (TPSA) is 0 Å². The fraction of sp³-hybridized carbons (Fsp3) is 0.0909. The Morgan fingerprint density at radius 3 is 0.985 bits per heavy atom. The van der Waals surface area contributed by atoms with Gasteiger partial charge >= 0.3 is 0 Å². The van der Waals surface area contributed by atoms with Gasteiger partial charge in [0.15, 0.2) is 0 Å². The summed E-state index contributed by atoms with van der Waals surface area (Å²) in [6, 6.07) is 82.2. The zero-order valence-corrected chi connectivity index (χ0v) is 37.8. The third-order valence-corrected chi connectivity index (χ3v) is 15.2. The molecule has 0 heteroatoms. The molecule has 0 saturated heterocycles. The highest BCUT2D eigenvalue weighted by molar-refractivity contribution is 6.39. The van der Waals surface area contributed by atoms with Gasteiger partial charge in [0.1, 0.15) is 0 Å². The van der Waals surface area contributed by atoms with Gasteiger partial charge in [-0.3, -0.25) is 0 Å². The highest BCUT2D eigenvalue weighted by atomic mass is 14.5. The van der Waals surface area contributed by atoms with Crippen LogP contribution in [0.5, 0.6) is 0 Å². The van der Waals surface area contributed by atoms with Crippen LogP contribution < -0.4 is 0 Å². The van der Waals surface area contributed by atoms with Gasteiger partial charge in [0.25, 0.3) is 0 Å². The number of allylic oxidation sites excluding steroid dienone is 5. The molecule has 0 amide bonds. The molecule has 4 aliphatic rings. The molecule has 0 spiro atoms. The van der Waals surface area contributed by atoms with Crippen LogP contribution >= 0.6 is 0 Å². The molecule has 13 rings (SSSR count). The molecule has 9 aromatic carbocycles. The first kappa shape index (κ1) is 38.6. The van der Waals surface area contributed by atoms with E-state index in [1.807, 2.05) is 0 Å². The first-order chi connectivity index (χ1) is 32.3. The lowest BCUT2D eigenvalue weighted by Crippen LogP contribution is -2.14. The third-order valence-electron chi connectivity index (χ3n) is 15.2. The second-order valence-electron chi connectivity index (χ2n) is 19.5. The maximum absolute atomic E-state index is 2.53. The molecule has 0 aromatic heterocycles. The first-order valence-electron chi connectivity index (χ1n) is 23.4. The first-order valence-corrected chi connectivity index (χ1v) is 23.4. The summed E-state index contributed by atoms with van der Waals surface area (Å²) in [6.45, 7) is 9.51. The van der Waals surface area contributed by atoms with Gasteiger partial charge in [-0.1, -0.05) is 222 Å². The van der Waals surface area contributed by atoms with Gasteiger partial charge in [0.05, 0.1) is 0 Å². The molecule has 0 atom stereocenters. The Morgan fingerprint density at radius 2 is 0.530 bits per heavy atom. The molecule has 0 N–H and O–H groups in total. The summed E-state index contributed by atoms with van der Waals surface area (Å²) in [5.41, 5.74) is 30.8. The number of rotatable bonds is 6. The van der Waals surface area contributed by atoms with Gasteiger partial charge in [0.2, 0.25) is 0 Å². The van der Waals surface area contributed by atoms with Crippen LogP contribution in [0.25, 0.3) is 72.4 Å². The molecule has 0 saturated carbocycles. The highest BCUT2D eigenvalue weighted by Gasteiger charge is 2.43. The van der Waals surface area contributed by atoms with Crippen molar-refractivity contribution in [1.29, 1.82) is 0 Å². The maximum Gasteiger partial charge on any atom is 0.0158 e. The van der Waals surface area contributed by atoms with E-state index < -0.39 is 0 Å². The zero-order valence-electron chi connectivity index (χ0n) is 37.8. The number of hydrogen-bond donors (Lipinski definition) is 0. The van der Waals surface area contributed by atoms with Crippen LogP contribution in [0.15, 0.2) is 224 Å². The lowest BCUT2D eigenvalue weighted by Gasteiger charge is -2.22. The van der Waals surface area contributed by atoms with Crippen molar-refractivity contribution in [3.63, 3.8) is 0 Å². The number of benzene rings is 9. The van der Waals surface area contributed by atoms with Crippen LogP contribution in [0.4, 0.5) is 0 Å². The van der Waals surface area contributed by atoms with Crippen LogP contribution in [-0.2, 0) is 10.8 Å². The van der Waals surface area contributed by atoms with Crippen LogP contribution in [0.3, 0.4) is 0 Å². The fourth-order valence-electron chi connectivity index (χ4n) is 12.1. The van der Waals surface area contributed by atoms with E-state index in [0.29, 0.717) is 0 Å². The molecule has 0 radical (unpaired) electrons. The smallest absolute Gasteiger partial charge is 0.0158 e. The van der Waals surface area contributed by atoms with Crippen molar-refractivity contribution in [3.05, 3.63) is 280 Å². The van der Waals surface area contributed by atoms with E-state index in [1.54, 1.807) is 0 Å². The predicted molar refractivity (Wildman–Crippen MR) is 278 cm³/mol. The average Bonchev–Trinajstić information content (AvgIpc) is 4.03. The maximum atomic E-state index is 2.53. The van der Waals surface area contributed by atoms with Crippen molar-refractivity contribution in [2.45, 2.75) is 38.5 Å². The highest BCUT2D eigenvalue weighted by Crippen LogP contribution is 2.64. The Labute approximate surface area is 388 Å². The van der Waals surface area contributed by atoms with E-state index in [0.717, 1.165) is 0 Å². The van der Waals surface area contributed by atoms with Crippen molar-refractivity contribution >= 4 is 27.9 Å². The van der Waals surface area contributed by atoms with Crippen molar-refractivity contribution in [2.24, 2.45) is 0 Å². The van der Waals surface area contributed by atoms with Crippen molar-refractivity contribution in [2.75, 3.05) is 0 Å². The second kappa shape index (κ2) is 14.4. The van der Waals surface area contributed by atoms with Crippen LogP contribution in [0, 0.1) is 0 Å². The van der Waals surface area contributed by atoms with Gasteiger partial charge in [0, 0.05) is 10.8 Å². The zero-order chi connectivity index (χ0) is 44.3. The summed E-state index contributed by atoms with van der Waals surface area (Å²) in [5.74, 6) is 0. The molecule has 9 aromatic rings. The molecule has 66 heavy (non-hydrogen) atoms. The van der Waals surface area contributed by atoms with Crippen molar-refractivity contribution in [3.8, 4) is 44.5 Å². The molecular weight excluding hydrogens is 793 g/mol. The summed E-state index contributed by atoms with van der Waals surface area (Å²) in [7, 11) is 0. The van der Waals surface area contributed by atoms with Crippen molar-refractivity contribution < 1.29 is 0 Å². The van der Waals surface area contributed by atoms with Crippen LogP contribution in [-0.4, -0.2) is 0 Å². The SMILES string of the molecule is CC1(C)c2ccccc2-c2cc(C3=C4C(=C(c5ccc6c(c5)-c5ccccc5C6(C)C)c5cc(-c6ccccc6)c(-c6ccccc6)cc54)C(c4ccccc4)=C3c3ccccc3)ccc21. The van der Waals surface area contributed by atoms with E-state index in [4.69, 9.17) is 0 Å². The van der Waals surface area contributed by atoms with Gasteiger partial charge in [-0.15, -0.1) is 0 Å². The molecule has 312 valence electrons. The molecule has 4 aliphatic carbocycles. The van der Waals surface area contributed by atoms with E-state index in [-0.39, 0.29) is 10.8 Å². The van der Waals surface area contributed by atoms with Crippen molar-refractivity contribution in [1.82, 2.24) is 0 Å². The molecule has 0 nitrogen and oxygen atoms in total. The largest absolute Gasteiger partial charge is 0.0622 e. The summed E-state index contributed by atoms with van der Waals surface area (Å²) in [6.07, 6.45) is 0. The summed E-state index contributed by atoms with van der Waals surface area (Å²) < 4.78 is 0. The summed E-state index contributed by atoms with van der Waals surface area (Å²) in [4.78, 5) is 0. The van der Waals surface area contributed by atoms with Gasteiger partial charge in [-0.05, 0) is 158 Å². The fourth-order valence-corrected chi connectivity index (χ4v) is 12.1.